The summed E-state index contributed by atoms with van der Waals surface area (Å²) in [6.07, 6.45) is 0.820. The van der Waals surface area contributed by atoms with Gasteiger partial charge in [-0.2, -0.15) is 5.53 Å². The van der Waals surface area contributed by atoms with Crippen LogP contribution in [0.5, 0.6) is 0 Å². The van der Waals surface area contributed by atoms with Crippen LogP contribution in [0.4, 0.5) is 0 Å². The summed E-state index contributed by atoms with van der Waals surface area (Å²) in [4.78, 5) is 2.08. The number of nitrogens with two attached hydrogens (primary N) is 1. The second kappa shape index (κ2) is 5.70. The summed E-state index contributed by atoms with van der Waals surface area (Å²) < 4.78 is 0. The van der Waals surface area contributed by atoms with Crippen LogP contribution in [0.25, 0.3) is 0 Å². The molecule has 4 N–H and O–H groups in total. The van der Waals surface area contributed by atoms with E-state index in [2.05, 4.69) is 32.7 Å². The monoisotopic (exact) mass is 246 g/mol. The van der Waals surface area contributed by atoms with E-state index >= 15 is 0 Å². The highest BCUT2D eigenvalue weighted by Crippen LogP contribution is 2.12. The highest BCUT2D eigenvalue weighted by atomic mass is 15.4. The van der Waals surface area contributed by atoms with Gasteiger partial charge in [-0.3, -0.25) is 10.2 Å². The van der Waals surface area contributed by atoms with Gasteiger partial charge >= 0.3 is 0 Å². The minimum Gasteiger partial charge on any atom is -0.383 e. The van der Waals surface area contributed by atoms with Crippen molar-refractivity contribution in [2.75, 3.05) is 13.6 Å². The molecular weight excluding hydrogens is 228 g/mol. The van der Waals surface area contributed by atoms with Crippen molar-refractivity contribution in [2.45, 2.75) is 18.6 Å². The van der Waals surface area contributed by atoms with E-state index in [1.54, 1.807) is 0 Å². The summed E-state index contributed by atoms with van der Waals surface area (Å²) in [5.41, 5.74) is 13.8. The molecule has 0 amide bonds. The van der Waals surface area contributed by atoms with Crippen LogP contribution in [0, 0.1) is 5.53 Å². The summed E-state index contributed by atoms with van der Waals surface area (Å²) >= 11 is 0. The first-order chi connectivity index (χ1) is 8.70. The molecule has 0 radical (unpaired) electrons. The normalized spacial score (nSPS) is 25.3. The van der Waals surface area contributed by atoms with Gasteiger partial charge in [-0.25, -0.2) is 0 Å². The summed E-state index contributed by atoms with van der Waals surface area (Å²) in [5, 5.41) is 9.95. The van der Waals surface area contributed by atoms with Crippen molar-refractivity contribution in [2.24, 2.45) is 16.1 Å². The second-order valence-corrected chi connectivity index (χ2v) is 4.52. The fourth-order valence-electron chi connectivity index (χ4n) is 2.30. The van der Waals surface area contributed by atoms with E-state index in [1.165, 1.54) is 5.56 Å². The largest absolute Gasteiger partial charge is 0.383 e. The first-order valence-corrected chi connectivity index (χ1v) is 5.90. The predicted molar refractivity (Wildman–Crippen MR) is 70.3 cm³/mol. The molecule has 6 nitrogen and oxygen atoms in total. The van der Waals surface area contributed by atoms with Gasteiger partial charge in [0.15, 0.2) is 5.84 Å². The van der Waals surface area contributed by atoms with E-state index < -0.39 is 0 Å². The molecule has 18 heavy (non-hydrogen) atoms. The molecule has 0 aliphatic carbocycles. The highest BCUT2D eigenvalue weighted by molar-refractivity contribution is 5.85. The van der Waals surface area contributed by atoms with Gasteiger partial charge in [-0.15, -0.1) is 5.10 Å². The number of amidine groups is 1. The lowest BCUT2D eigenvalue weighted by molar-refractivity contribution is 0.358. The van der Waals surface area contributed by atoms with E-state index in [0.29, 0.717) is 11.9 Å². The topological polar surface area (TPSA) is 89.9 Å². The van der Waals surface area contributed by atoms with E-state index in [9.17, 15) is 0 Å². The van der Waals surface area contributed by atoms with Crippen molar-refractivity contribution in [3.05, 3.63) is 35.9 Å². The van der Waals surface area contributed by atoms with E-state index in [4.69, 9.17) is 11.3 Å². The average molecular weight is 246 g/mol. The Kier molecular flexibility index (Phi) is 4.01. The zero-order chi connectivity index (χ0) is 13.0. The van der Waals surface area contributed by atoms with Gasteiger partial charge in [0.2, 0.25) is 0 Å². The molecule has 0 spiro atoms. The van der Waals surface area contributed by atoms with Crippen LogP contribution in [0.2, 0.25) is 0 Å². The SMILES string of the molecule is CN1CC(Cc2ccccc2)NC1C(N)=NN=N. The Morgan fingerprint density at radius 1 is 1.50 bits per heavy atom. The highest BCUT2D eigenvalue weighted by Gasteiger charge is 2.31. The third-order valence-electron chi connectivity index (χ3n) is 3.11. The van der Waals surface area contributed by atoms with E-state index in [1.807, 2.05) is 25.2 Å². The van der Waals surface area contributed by atoms with Gasteiger partial charge in [0.05, 0.1) is 0 Å². The van der Waals surface area contributed by atoms with Crippen molar-refractivity contribution in [1.82, 2.24) is 10.2 Å². The second-order valence-electron chi connectivity index (χ2n) is 4.52. The van der Waals surface area contributed by atoms with Crippen molar-refractivity contribution in [3.63, 3.8) is 0 Å². The molecule has 2 rings (SSSR count). The molecule has 2 atom stereocenters. The molecule has 0 bridgehead atoms. The molecule has 1 fully saturated rings. The van der Waals surface area contributed by atoms with Crippen LogP contribution in [0.3, 0.4) is 0 Å². The number of rotatable bonds is 4. The van der Waals surface area contributed by atoms with Crippen LogP contribution in [0.15, 0.2) is 40.7 Å². The van der Waals surface area contributed by atoms with Crippen LogP contribution < -0.4 is 11.1 Å². The van der Waals surface area contributed by atoms with Crippen molar-refractivity contribution in [1.29, 1.82) is 5.53 Å². The summed E-state index contributed by atoms with van der Waals surface area (Å²) in [6, 6.07) is 10.7. The average Bonchev–Trinajstić information content (AvgIpc) is 2.72. The minimum atomic E-state index is -0.132. The van der Waals surface area contributed by atoms with Gasteiger partial charge in [0.25, 0.3) is 0 Å². The lowest BCUT2D eigenvalue weighted by Crippen LogP contribution is -2.46. The van der Waals surface area contributed by atoms with Crippen LogP contribution >= 0.6 is 0 Å². The molecule has 1 heterocycles. The molecule has 0 aromatic heterocycles. The summed E-state index contributed by atoms with van der Waals surface area (Å²) in [5.74, 6) is 0.336. The molecule has 96 valence electrons. The maximum Gasteiger partial charge on any atom is 0.156 e. The van der Waals surface area contributed by atoms with Crippen molar-refractivity contribution < 1.29 is 0 Å². The molecule has 1 aliphatic rings. The minimum absolute atomic E-state index is 0.132. The molecule has 6 heteroatoms. The number of nitrogens with one attached hydrogen (secondary N) is 2. The Morgan fingerprint density at radius 2 is 2.22 bits per heavy atom. The Bertz CT molecular complexity index is 429. The smallest absolute Gasteiger partial charge is 0.156 e. The first kappa shape index (κ1) is 12.7. The predicted octanol–water partition coefficient (Wildman–Crippen LogP) is 0.762. The zero-order valence-corrected chi connectivity index (χ0v) is 10.4. The zero-order valence-electron chi connectivity index (χ0n) is 10.4. The first-order valence-electron chi connectivity index (χ1n) is 5.90. The molecular formula is C12H18N6. The fraction of sp³-hybridized carbons (Fsp3) is 0.417. The Labute approximate surface area is 106 Å². The Balaban J connectivity index is 1.98. The molecule has 1 aromatic rings. The number of likely N-dealkylation sites (N-methyl/N-ethyl adjacent to an activating group) is 1. The van der Waals surface area contributed by atoms with Crippen molar-refractivity contribution in [3.8, 4) is 0 Å². The van der Waals surface area contributed by atoms with Gasteiger partial charge in [-0.05, 0) is 19.0 Å². The van der Waals surface area contributed by atoms with Gasteiger partial charge in [0.1, 0.15) is 6.17 Å². The lowest BCUT2D eigenvalue weighted by Gasteiger charge is -2.16. The quantitative estimate of drug-likeness (QED) is 0.317. The third-order valence-corrected chi connectivity index (χ3v) is 3.11. The van der Waals surface area contributed by atoms with Gasteiger partial charge in [0, 0.05) is 12.6 Å². The summed E-state index contributed by atoms with van der Waals surface area (Å²) in [6.45, 7) is 0.897. The molecule has 1 aromatic carbocycles. The number of hydrogen-bond acceptors (Lipinski definition) is 4. The fourth-order valence-corrected chi connectivity index (χ4v) is 2.30. The Morgan fingerprint density at radius 3 is 2.89 bits per heavy atom. The molecule has 2 unspecified atom stereocenters. The van der Waals surface area contributed by atoms with Gasteiger partial charge < -0.3 is 5.73 Å². The van der Waals surface area contributed by atoms with Gasteiger partial charge in [-0.1, -0.05) is 35.6 Å². The third kappa shape index (κ3) is 2.91. The Hall–Kier alpha value is -1.79. The number of nitrogens with zero attached hydrogens (tertiary/aromatic N) is 3. The maximum absolute atomic E-state index is 6.70. The summed E-state index contributed by atoms with van der Waals surface area (Å²) in [7, 11) is 1.98. The standard InChI is InChI=1S/C12H18N6/c1-18-8-10(7-9-5-3-2-4-6-9)15-12(18)11(13)16-17-14/h2-6,10,12,15H,7-8H2,1H3,(H3,13,14,16). The van der Waals surface area contributed by atoms with Crippen molar-refractivity contribution >= 4 is 5.84 Å². The lowest BCUT2D eigenvalue weighted by atomic mass is 10.1. The van der Waals surface area contributed by atoms with E-state index in [-0.39, 0.29) is 6.17 Å². The molecule has 1 saturated heterocycles. The number of benzene rings is 1. The number of hydrogen-bond donors (Lipinski definition) is 3. The van der Waals surface area contributed by atoms with Crippen LogP contribution in [0.1, 0.15) is 5.56 Å². The molecule has 0 saturated carbocycles. The molecule has 1 aliphatic heterocycles. The van der Waals surface area contributed by atoms with Crippen LogP contribution in [-0.2, 0) is 6.42 Å². The maximum atomic E-state index is 6.70. The van der Waals surface area contributed by atoms with E-state index in [0.717, 1.165) is 13.0 Å². The van der Waals surface area contributed by atoms with Crippen LogP contribution in [-0.4, -0.2) is 36.5 Å².